The van der Waals surface area contributed by atoms with Gasteiger partial charge in [-0.1, -0.05) is 12.1 Å². The molecule has 15 nitrogen and oxygen atoms in total. The summed E-state index contributed by atoms with van der Waals surface area (Å²) in [5, 5.41) is 12.5. The van der Waals surface area contributed by atoms with Gasteiger partial charge < -0.3 is 34.4 Å². The fourth-order valence-electron chi connectivity index (χ4n) is 4.99. The first-order valence-electron chi connectivity index (χ1n) is 14.2. The summed E-state index contributed by atoms with van der Waals surface area (Å²) in [7, 11) is -2.40. The third kappa shape index (κ3) is 9.33. The molecule has 0 fully saturated rings. The van der Waals surface area contributed by atoms with Crippen molar-refractivity contribution in [3.05, 3.63) is 82.0 Å². The number of phosphoric acid groups is 1. The van der Waals surface area contributed by atoms with E-state index < -0.39 is 57.0 Å². The Morgan fingerprint density at radius 3 is 2.24 bits per heavy atom. The van der Waals surface area contributed by atoms with Crippen molar-refractivity contribution in [3.63, 3.8) is 0 Å². The van der Waals surface area contributed by atoms with Crippen molar-refractivity contribution in [2.24, 2.45) is 0 Å². The van der Waals surface area contributed by atoms with Crippen LogP contribution in [0.3, 0.4) is 0 Å². The van der Waals surface area contributed by atoms with E-state index in [0.29, 0.717) is 20.3 Å². The van der Waals surface area contributed by atoms with E-state index in [4.69, 9.17) is 28.5 Å². The van der Waals surface area contributed by atoms with E-state index in [1.165, 1.54) is 48.8 Å². The zero-order chi connectivity index (χ0) is 36.7. The maximum absolute atomic E-state index is 13.6. The van der Waals surface area contributed by atoms with Crippen molar-refractivity contribution in [3.8, 4) is 11.5 Å². The van der Waals surface area contributed by atoms with Gasteiger partial charge in [-0.15, -0.1) is 11.3 Å². The Bertz CT molecular complexity index is 1910. The zero-order valence-electron chi connectivity index (χ0n) is 26.4. The monoisotopic (exact) mass is 749 g/mol. The molecule has 1 atom stereocenters. The summed E-state index contributed by atoms with van der Waals surface area (Å²) in [4.78, 5) is 64.4. The van der Waals surface area contributed by atoms with E-state index in [-0.39, 0.29) is 28.7 Å². The van der Waals surface area contributed by atoms with Gasteiger partial charge in [-0.05, 0) is 66.9 Å². The molecule has 4 aromatic rings. The third-order valence-electron chi connectivity index (χ3n) is 7.05. The molecule has 0 spiro atoms. The van der Waals surface area contributed by atoms with Crippen molar-refractivity contribution in [2.75, 3.05) is 34.7 Å². The number of hydrogen-bond donors (Lipinski definition) is 4. The number of ether oxygens (including phenoxy) is 3. The van der Waals surface area contributed by atoms with Crippen molar-refractivity contribution in [2.45, 2.75) is 30.5 Å². The third-order valence-corrected chi connectivity index (χ3v) is 8.66. The van der Waals surface area contributed by atoms with Gasteiger partial charge in [-0.25, -0.2) is 23.7 Å². The van der Waals surface area contributed by atoms with Crippen LogP contribution in [-0.4, -0.2) is 67.2 Å². The standard InChI is InChI=1S/C30H31F3NO14PS/c1-41-17-44-16-28(34-27(36)37,30(46-42-2,47-43-3)48-49(38,39)40)12-11-18-7-10-24-23(13-18)26(35)22-9-8-21(15-25(22)50-24)45-20-6-4-5-19(14-20)29(31,32)33/h4-10,13-15,34H,11-12,16-17H2,1-3H3,(H,36,37)(H2,38,39,40). The van der Waals surface area contributed by atoms with Crippen LogP contribution in [0.1, 0.15) is 17.5 Å². The Hall–Kier alpha value is -3.72. The van der Waals surface area contributed by atoms with Gasteiger partial charge >= 0.3 is 26.1 Å². The molecule has 0 saturated carbocycles. The van der Waals surface area contributed by atoms with Crippen LogP contribution < -0.4 is 15.5 Å². The largest absolute Gasteiger partial charge is 0.474 e. The van der Waals surface area contributed by atoms with E-state index in [1.54, 1.807) is 18.2 Å². The van der Waals surface area contributed by atoms with Gasteiger partial charge in [-0.2, -0.15) is 22.9 Å². The number of carboxylic acid groups (broad SMARTS) is 1. The topological polar surface area (TPSA) is 198 Å². The van der Waals surface area contributed by atoms with Gasteiger partial charge in [-0.3, -0.25) is 4.79 Å². The molecule has 20 heteroatoms. The van der Waals surface area contributed by atoms with Gasteiger partial charge in [0.15, 0.2) is 11.0 Å². The average Bonchev–Trinajstić information content (AvgIpc) is 3.03. The number of alkyl halides is 3. The molecule has 0 saturated heterocycles. The molecule has 4 rings (SSSR count). The first-order valence-corrected chi connectivity index (χ1v) is 16.5. The minimum atomic E-state index is -5.54. The number of hydrogen-bond acceptors (Lipinski definition) is 12. The van der Waals surface area contributed by atoms with Crippen LogP contribution in [0.4, 0.5) is 18.0 Å². The lowest BCUT2D eigenvalue weighted by molar-refractivity contribution is -0.573. The maximum atomic E-state index is 13.6. The smallest absolute Gasteiger partial charge is 0.465 e. The molecule has 50 heavy (non-hydrogen) atoms. The molecule has 1 heterocycles. The second-order valence-corrected chi connectivity index (χ2v) is 12.7. The Morgan fingerprint density at radius 2 is 1.62 bits per heavy atom. The van der Waals surface area contributed by atoms with Crippen LogP contribution in [0.15, 0.2) is 65.5 Å². The van der Waals surface area contributed by atoms with Gasteiger partial charge in [0.05, 0.1) is 26.4 Å². The van der Waals surface area contributed by atoms with E-state index >= 15 is 0 Å². The van der Waals surface area contributed by atoms with Gasteiger partial charge in [0, 0.05) is 27.3 Å². The number of rotatable bonds is 17. The first-order chi connectivity index (χ1) is 23.5. The molecular formula is C30H31F3NO14PS. The number of amides is 1. The first kappa shape index (κ1) is 39.1. The van der Waals surface area contributed by atoms with Crippen molar-refractivity contribution >= 4 is 45.4 Å². The summed E-state index contributed by atoms with van der Waals surface area (Å²) in [6, 6.07) is 13.6. The summed E-state index contributed by atoms with van der Waals surface area (Å²) in [6.45, 7) is -1.15. The predicted molar refractivity (Wildman–Crippen MR) is 169 cm³/mol. The molecule has 1 amide bonds. The minimum absolute atomic E-state index is 0.0416. The van der Waals surface area contributed by atoms with E-state index in [1.807, 2.05) is 0 Å². The highest BCUT2D eigenvalue weighted by molar-refractivity contribution is 7.46. The predicted octanol–water partition coefficient (Wildman–Crippen LogP) is 5.70. The second-order valence-electron chi connectivity index (χ2n) is 10.5. The second kappa shape index (κ2) is 16.1. The number of carbonyl (C=O) groups is 1. The zero-order valence-corrected chi connectivity index (χ0v) is 28.1. The molecule has 0 radical (unpaired) electrons. The molecule has 3 aromatic carbocycles. The van der Waals surface area contributed by atoms with Crippen molar-refractivity contribution in [1.29, 1.82) is 0 Å². The summed E-state index contributed by atoms with van der Waals surface area (Å²) in [6.07, 6.45) is -6.80. The Morgan fingerprint density at radius 1 is 0.920 bits per heavy atom. The van der Waals surface area contributed by atoms with E-state index in [2.05, 4.69) is 15.1 Å². The fraction of sp³-hybridized carbons (Fsp3) is 0.333. The van der Waals surface area contributed by atoms with Crippen LogP contribution in [0.5, 0.6) is 11.5 Å². The number of benzene rings is 3. The summed E-state index contributed by atoms with van der Waals surface area (Å²) in [5.41, 5.74) is -3.15. The SMILES string of the molecule is COCOCC(CCc1ccc2sc3cc(Oc4cccc(C(F)(F)F)c4)ccc3c(=O)c2c1)(NC(=O)O)C(OOC)(OOC)OP(=O)(O)O. The van der Waals surface area contributed by atoms with Gasteiger partial charge in [0.25, 0.3) is 0 Å². The minimum Gasteiger partial charge on any atom is -0.465 e. The lowest BCUT2D eigenvalue weighted by atomic mass is 9.88. The number of nitrogens with one attached hydrogen (secondary N) is 1. The van der Waals surface area contributed by atoms with E-state index in [9.17, 15) is 42.2 Å². The van der Waals surface area contributed by atoms with Crippen molar-refractivity contribution in [1.82, 2.24) is 5.32 Å². The number of methoxy groups -OCH3 is 1. The quantitative estimate of drug-likeness (QED) is 0.0256. The van der Waals surface area contributed by atoms with Gasteiger partial charge in [0.1, 0.15) is 18.3 Å². The molecule has 0 aliphatic heterocycles. The van der Waals surface area contributed by atoms with Crippen molar-refractivity contribution < 1.29 is 75.7 Å². The summed E-state index contributed by atoms with van der Waals surface area (Å²) >= 11 is 1.21. The summed E-state index contributed by atoms with van der Waals surface area (Å²) < 4.78 is 73.3. The number of fused-ring (bicyclic) bond motifs is 2. The van der Waals surface area contributed by atoms with Crippen LogP contribution in [0, 0.1) is 0 Å². The van der Waals surface area contributed by atoms with Crippen LogP contribution in [-0.2, 0) is 50.7 Å². The maximum Gasteiger partial charge on any atom is 0.474 e. The summed E-state index contributed by atoms with van der Waals surface area (Å²) in [5.74, 6) is -2.95. The molecule has 272 valence electrons. The molecular weight excluding hydrogens is 718 g/mol. The lowest BCUT2D eigenvalue weighted by Crippen LogP contribution is -2.70. The number of phosphoric ester groups is 1. The molecule has 0 aliphatic rings. The molecule has 4 N–H and O–H groups in total. The Labute approximate surface area is 285 Å². The lowest BCUT2D eigenvalue weighted by Gasteiger charge is -2.44. The fourth-order valence-corrected chi connectivity index (χ4v) is 6.62. The number of halogens is 3. The average molecular weight is 750 g/mol. The highest BCUT2D eigenvalue weighted by Crippen LogP contribution is 2.48. The van der Waals surface area contributed by atoms with Crippen LogP contribution in [0.2, 0.25) is 0 Å². The van der Waals surface area contributed by atoms with Crippen LogP contribution >= 0.6 is 19.2 Å². The highest BCUT2D eigenvalue weighted by Gasteiger charge is 2.62. The van der Waals surface area contributed by atoms with Gasteiger partial charge in [0.2, 0.25) is 0 Å². The Balaban J connectivity index is 1.72. The highest BCUT2D eigenvalue weighted by atomic mass is 32.1. The molecule has 1 unspecified atom stereocenters. The molecule has 1 aromatic heterocycles. The molecule has 0 aliphatic carbocycles. The van der Waals surface area contributed by atoms with Crippen LogP contribution in [0.25, 0.3) is 20.2 Å². The van der Waals surface area contributed by atoms with E-state index in [0.717, 1.165) is 26.4 Å². The molecule has 0 bridgehead atoms. The number of aryl methyl sites for hydroxylation is 1. The normalized spacial score (nSPS) is 13.8. The Kier molecular flexibility index (Phi) is 12.6.